The van der Waals surface area contributed by atoms with Crippen molar-refractivity contribution in [3.8, 4) is 0 Å². The highest BCUT2D eigenvalue weighted by atomic mass is 35.5. The Kier molecular flexibility index (Phi) is 7.06. The van der Waals surface area contributed by atoms with E-state index in [0.29, 0.717) is 17.4 Å². The average Bonchev–Trinajstić information content (AvgIpc) is 3.12. The average molecular weight is 432 g/mol. The van der Waals surface area contributed by atoms with Gasteiger partial charge in [0.25, 0.3) is 0 Å². The maximum atomic E-state index is 12.5. The Balaban J connectivity index is 1.52. The lowest BCUT2D eigenvalue weighted by Gasteiger charge is -2.09. The Labute approximate surface area is 175 Å². The first kappa shape index (κ1) is 21.1. The lowest BCUT2D eigenvalue weighted by Crippen LogP contribution is -2.26. The molecular formula is C21H22ClN3O3S. The summed E-state index contributed by atoms with van der Waals surface area (Å²) in [5.41, 5.74) is 1.84. The molecule has 8 heteroatoms. The highest BCUT2D eigenvalue weighted by molar-refractivity contribution is 7.90. The Morgan fingerprint density at radius 3 is 2.55 bits per heavy atom. The minimum atomic E-state index is -3.48. The molecule has 0 radical (unpaired) electrons. The van der Waals surface area contributed by atoms with Crippen molar-refractivity contribution in [3.05, 3.63) is 89.0 Å². The predicted octanol–water partition coefficient (Wildman–Crippen LogP) is 3.21. The molecule has 152 valence electrons. The van der Waals surface area contributed by atoms with Crippen molar-refractivity contribution in [3.63, 3.8) is 0 Å². The zero-order valence-electron chi connectivity index (χ0n) is 15.8. The number of imidazole rings is 1. The molecule has 3 aromatic rings. The summed E-state index contributed by atoms with van der Waals surface area (Å²) in [7, 11) is -3.48. The number of aromatic nitrogens is 2. The number of carbonyl (C=O) groups is 1. The van der Waals surface area contributed by atoms with Crippen LogP contribution in [-0.2, 0) is 33.5 Å². The van der Waals surface area contributed by atoms with E-state index >= 15 is 0 Å². The standard InChI is InChI=1S/C21H22ClN3O3S/c22-19-9-5-4-8-18(19)14-24-21(26)10-13-29(27,28)16-20-23-11-12-25(20)15-17-6-2-1-3-7-17/h1-9,11-12H,10,13-16H2,(H,24,26). The van der Waals surface area contributed by atoms with Gasteiger partial charge in [-0.3, -0.25) is 4.79 Å². The summed E-state index contributed by atoms with van der Waals surface area (Å²) in [4.78, 5) is 16.2. The number of sulfone groups is 1. The van der Waals surface area contributed by atoms with Gasteiger partial charge in [0.1, 0.15) is 11.6 Å². The van der Waals surface area contributed by atoms with Crippen molar-refractivity contribution in [2.75, 3.05) is 5.75 Å². The predicted molar refractivity (Wildman–Crippen MR) is 113 cm³/mol. The number of hydrogen-bond donors (Lipinski definition) is 1. The van der Waals surface area contributed by atoms with Crippen molar-refractivity contribution >= 4 is 27.3 Å². The quantitative estimate of drug-likeness (QED) is 0.564. The van der Waals surface area contributed by atoms with Gasteiger partial charge in [-0.25, -0.2) is 13.4 Å². The smallest absolute Gasteiger partial charge is 0.221 e. The van der Waals surface area contributed by atoms with Crippen LogP contribution in [0.1, 0.15) is 23.4 Å². The van der Waals surface area contributed by atoms with E-state index in [0.717, 1.165) is 11.1 Å². The van der Waals surface area contributed by atoms with Crippen LogP contribution >= 0.6 is 11.6 Å². The lowest BCUT2D eigenvalue weighted by molar-refractivity contribution is -0.120. The van der Waals surface area contributed by atoms with Crippen molar-refractivity contribution in [2.24, 2.45) is 0 Å². The highest BCUT2D eigenvalue weighted by Gasteiger charge is 2.18. The SMILES string of the molecule is O=C(CCS(=O)(=O)Cc1nccn1Cc1ccccc1)NCc1ccccc1Cl. The van der Waals surface area contributed by atoms with Gasteiger partial charge in [0.15, 0.2) is 9.84 Å². The van der Waals surface area contributed by atoms with E-state index in [9.17, 15) is 13.2 Å². The van der Waals surface area contributed by atoms with Crippen LogP contribution in [0.3, 0.4) is 0 Å². The van der Waals surface area contributed by atoms with E-state index in [1.54, 1.807) is 18.5 Å². The number of halogens is 1. The number of nitrogens with zero attached hydrogens (tertiary/aromatic N) is 2. The molecule has 0 aliphatic rings. The van der Waals surface area contributed by atoms with Crippen LogP contribution in [0.5, 0.6) is 0 Å². The Bertz CT molecular complexity index is 1070. The van der Waals surface area contributed by atoms with Crippen LogP contribution in [-0.4, -0.2) is 29.6 Å². The normalized spacial score (nSPS) is 11.3. The Morgan fingerprint density at radius 2 is 1.79 bits per heavy atom. The topological polar surface area (TPSA) is 81.1 Å². The molecule has 2 aromatic carbocycles. The van der Waals surface area contributed by atoms with Crippen LogP contribution in [0, 0.1) is 0 Å². The first-order valence-corrected chi connectivity index (χ1v) is 11.4. The van der Waals surface area contributed by atoms with E-state index in [1.165, 1.54) is 0 Å². The van der Waals surface area contributed by atoms with Gasteiger partial charge in [-0.05, 0) is 17.2 Å². The van der Waals surface area contributed by atoms with Crippen molar-refractivity contribution in [2.45, 2.75) is 25.3 Å². The van der Waals surface area contributed by atoms with Crippen LogP contribution in [0.4, 0.5) is 0 Å². The molecule has 1 aromatic heterocycles. The molecule has 0 unspecified atom stereocenters. The second-order valence-electron chi connectivity index (χ2n) is 6.67. The molecule has 0 spiro atoms. The first-order valence-electron chi connectivity index (χ1n) is 9.17. The molecule has 1 heterocycles. The maximum absolute atomic E-state index is 12.5. The molecule has 0 fully saturated rings. The fourth-order valence-electron chi connectivity index (χ4n) is 2.85. The molecule has 1 N–H and O–H groups in total. The second-order valence-corrected chi connectivity index (χ2v) is 9.26. The van der Waals surface area contributed by atoms with Gasteiger partial charge in [-0.15, -0.1) is 0 Å². The van der Waals surface area contributed by atoms with Gasteiger partial charge in [0.05, 0.1) is 5.75 Å². The summed E-state index contributed by atoms with van der Waals surface area (Å²) in [5, 5.41) is 3.27. The van der Waals surface area contributed by atoms with E-state index in [2.05, 4.69) is 10.3 Å². The minimum absolute atomic E-state index is 0.105. The summed E-state index contributed by atoms with van der Waals surface area (Å²) in [6, 6.07) is 16.9. The molecule has 6 nitrogen and oxygen atoms in total. The van der Waals surface area contributed by atoms with E-state index in [4.69, 9.17) is 11.6 Å². The molecule has 0 atom stereocenters. The van der Waals surface area contributed by atoms with Crippen molar-refractivity contribution in [1.29, 1.82) is 0 Å². The second kappa shape index (κ2) is 9.71. The zero-order valence-corrected chi connectivity index (χ0v) is 17.4. The van der Waals surface area contributed by atoms with Gasteiger partial charge >= 0.3 is 0 Å². The molecule has 29 heavy (non-hydrogen) atoms. The number of carbonyl (C=O) groups excluding carboxylic acids is 1. The highest BCUT2D eigenvalue weighted by Crippen LogP contribution is 2.14. The van der Waals surface area contributed by atoms with Gasteiger partial charge in [-0.2, -0.15) is 0 Å². The fraction of sp³-hybridized carbons (Fsp3) is 0.238. The van der Waals surface area contributed by atoms with E-state index in [1.807, 2.05) is 53.1 Å². The van der Waals surface area contributed by atoms with E-state index in [-0.39, 0.29) is 30.4 Å². The molecule has 3 rings (SSSR count). The largest absolute Gasteiger partial charge is 0.352 e. The molecule has 0 aliphatic heterocycles. The third-order valence-corrected chi connectivity index (χ3v) is 6.31. The monoisotopic (exact) mass is 431 g/mol. The number of rotatable bonds is 9. The summed E-state index contributed by atoms with van der Waals surface area (Å²) in [6.45, 7) is 0.810. The van der Waals surface area contributed by atoms with Gasteiger partial charge in [0, 0.05) is 36.9 Å². The lowest BCUT2D eigenvalue weighted by atomic mass is 10.2. The maximum Gasteiger partial charge on any atom is 0.221 e. The summed E-state index contributed by atoms with van der Waals surface area (Å²) < 4.78 is 26.8. The number of nitrogens with one attached hydrogen (secondary N) is 1. The molecular weight excluding hydrogens is 410 g/mol. The van der Waals surface area contributed by atoms with Crippen LogP contribution in [0.25, 0.3) is 0 Å². The van der Waals surface area contributed by atoms with Gasteiger partial charge < -0.3 is 9.88 Å². The van der Waals surface area contributed by atoms with E-state index < -0.39 is 9.84 Å². The summed E-state index contributed by atoms with van der Waals surface area (Å²) in [6.07, 6.45) is 3.24. The van der Waals surface area contributed by atoms with Gasteiger partial charge in [0.2, 0.25) is 5.91 Å². The van der Waals surface area contributed by atoms with Gasteiger partial charge in [-0.1, -0.05) is 60.1 Å². The minimum Gasteiger partial charge on any atom is -0.352 e. The summed E-state index contributed by atoms with van der Waals surface area (Å²) >= 11 is 6.05. The molecule has 0 bridgehead atoms. The van der Waals surface area contributed by atoms with Crippen LogP contribution in [0.2, 0.25) is 5.02 Å². The summed E-state index contributed by atoms with van der Waals surface area (Å²) in [5.74, 6) is -0.309. The first-order chi connectivity index (χ1) is 13.9. The van der Waals surface area contributed by atoms with Crippen molar-refractivity contribution < 1.29 is 13.2 Å². The molecule has 0 aliphatic carbocycles. The fourth-order valence-corrected chi connectivity index (χ4v) is 4.32. The molecule has 1 amide bonds. The third kappa shape index (κ3) is 6.44. The van der Waals surface area contributed by atoms with Crippen LogP contribution in [0.15, 0.2) is 67.0 Å². The number of benzene rings is 2. The Hall–Kier alpha value is -2.64. The third-order valence-electron chi connectivity index (χ3n) is 4.42. The zero-order chi connectivity index (χ0) is 20.7. The Morgan fingerprint density at radius 1 is 1.07 bits per heavy atom. The number of amides is 1. The molecule has 0 saturated carbocycles. The number of hydrogen-bond acceptors (Lipinski definition) is 4. The van der Waals surface area contributed by atoms with Crippen molar-refractivity contribution in [1.82, 2.24) is 14.9 Å². The molecule has 0 saturated heterocycles. The van der Waals surface area contributed by atoms with Crippen LogP contribution < -0.4 is 5.32 Å².